The molecule has 26 heavy (non-hydrogen) atoms. The van der Waals surface area contributed by atoms with Gasteiger partial charge < -0.3 is 5.32 Å². The van der Waals surface area contributed by atoms with Crippen LogP contribution in [0.2, 0.25) is 0 Å². The highest BCUT2D eigenvalue weighted by atomic mass is 16.2. The highest BCUT2D eigenvalue weighted by Crippen LogP contribution is 2.19. The molecule has 3 rings (SSSR count). The minimum Gasteiger partial charge on any atom is -0.352 e. The molecule has 0 spiro atoms. The van der Waals surface area contributed by atoms with Crippen molar-refractivity contribution >= 4 is 11.8 Å². The van der Waals surface area contributed by atoms with E-state index in [1.807, 2.05) is 30.3 Å². The predicted octanol–water partition coefficient (Wildman–Crippen LogP) is 3.05. The van der Waals surface area contributed by atoms with Crippen LogP contribution in [0, 0.1) is 0 Å². The summed E-state index contributed by atoms with van der Waals surface area (Å²) in [4.78, 5) is 28.7. The average molecular weight is 351 g/mol. The monoisotopic (exact) mass is 351 g/mol. The second-order valence-corrected chi connectivity index (χ2v) is 6.76. The third-order valence-electron chi connectivity index (χ3n) is 4.69. The fourth-order valence-electron chi connectivity index (χ4n) is 3.24. The van der Waals surface area contributed by atoms with Crippen LogP contribution in [0.3, 0.4) is 0 Å². The van der Waals surface area contributed by atoms with E-state index in [1.165, 1.54) is 26.2 Å². The molecular formula is C21H25N3O2. The van der Waals surface area contributed by atoms with Gasteiger partial charge in [-0.05, 0) is 42.7 Å². The zero-order valence-corrected chi connectivity index (χ0v) is 15.1. The Kier molecular flexibility index (Phi) is 6.00. The van der Waals surface area contributed by atoms with Gasteiger partial charge in [0, 0.05) is 25.2 Å². The molecule has 1 aromatic heterocycles. The zero-order valence-electron chi connectivity index (χ0n) is 15.1. The molecule has 136 valence electrons. The molecule has 1 aromatic carbocycles. The molecule has 2 aromatic rings. The van der Waals surface area contributed by atoms with Crippen molar-refractivity contribution in [2.45, 2.75) is 51.6 Å². The van der Waals surface area contributed by atoms with Crippen LogP contribution in [0.4, 0.5) is 0 Å². The number of amides is 1. The number of carbonyl (C=O) groups is 2. The maximum Gasteiger partial charge on any atom is 0.263 e. The quantitative estimate of drug-likeness (QED) is 0.920. The van der Waals surface area contributed by atoms with E-state index in [-0.39, 0.29) is 11.8 Å². The second-order valence-electron chi connectivity index (χ2n) is 6.76. The van der Waals surface area contributed by atoms with Crippen LogP contribution in [0.5, 0.6) is 0 Å². The molecule has 0 saturated heterocycles. The number of aromatic nitrogens is 1. The van der Waals surface area contributed by atoms with Crippen LogP contribution in [0.25, 0.3) is 0 Å². The first kappa shape index (κ1) is 18.1. The van der Waals surface area contributed by atoms with E-state index in [0.717, 1.165) is 18.4 Å². The van der Waals surface area contributed by atoms with Crippen molar-refractivity contribution in [3.63, 3.8) is 0 Å². The molecule has 1 N–H and O–H groups in total. The molecule has 5 heteroatoms. The van der Waals surface area contributed by atoms with Crippen molar-refractivity contribution in [2.75, 3.05) is 0 Å². The summed E-state index contributed by atoms with van der Waals surface area (Å²) in [6.45, 7) is 1.95. The number of nitrogens with one attached hydrogen (secondary N) is 1. The van der Waals surface area contributed by atoms with Gasteiger partial charge in [0.25, 0.3) is 5.91 Å². The highest BCUT2D eigenvalue weighted by Gasteiger charge is 2.13. The van der Waals surface area contributed by atoms with E-state index < -0.39 is 0 Å². The van der Waals surface area contributed by atoms with Crippen molar-refractivity contribution in [2.24, 2.45) is 4.99 Å². The lowest BCUT2D eigenvalue weighted by Gasteiger charge is -2.17. The van der Waals surface area contributed by atoms with Gasteiger partial charge in [-0.25, -0.2) is 0 Å². The SMILES string of the molecule is CC(=O)NCc1ccc(C(=O)n2ccccc2=NC2CCCCC2)cc1. The first-order valence-electron chi connectivity index (χ1n) is 9.23. The molecule has 1 saturated carbocycles. The molecule has 1 heterocycles. The van der Waals surface area contributed by atoms with E-state index in [1.54, 1.807) is 22.9 Å². The van der Waals surface area contributed by atoms with Crippen molar-refractivity contribution in [1.29, 1.82) is 0 Å². The smallest absolute Gasteiger partial charge is 0.263 e. The molecule has 1 aliphatic carbocycles. The van der Waals surface area contributed by atoms with Gasteiger partial charge in [0.2, 0.25) is 5.91 Å². The molecule has 1 fully saturated rings. The molecule has 0 unspecified atom stereocenters. The predicted molar refractivity (Wildman–Crippen MR) is 101 cm³/mol. The van der Waals surface area contributed by atoms with Crippen LogP contribution in [0.15, 0.2) is 53.7 Å². The van der Waals surface area contributed by atoms with Crippen LogP contribution in [-0.2, 0) is 11.3 Å². The summed E-state index contributed by atoms with van der Waals surface area (Å²) in [6, 6.07) is 13.3. The van der Waals surface area contributed by atoms with Crippen LogP contribution < -0.4 is 10.8 Å². The van der Waals surface area contributed by atoms with Gasteiger partial charge in [0.1, 0.15) is 5.49 Å². The van der Waals surface area contributed by atoms with Gasteiger partial charge in [0.15, 0.2) is 0 Å². The largest absolute Gasteiger partial charge is 0.352 e. The summed E-state index contributed by atoms with van der Waals surface area (Å²) in [5.74, 6) is -0.162. The minimum atomic E-state index is -0.0914. The Morgan fingerprint density at radius 1 is 1.08 bits per heavy atom. The third-order valence-corrected chi connectivity index (χ3v) is 4.69. The number of nitrogens with zero attached hydrogens (tertiary/aromatic N) is 2. The second kappa shape index (κ2) is 8.61. The lowest BCUT2D eigenvalue weighted by Crippen LogP contribution is -2.29. The van der Waals surface area contributed by atoms with E-state index in [4.69, 9.17) is 4.99 Å². The lowest BCUT2D eigenvalue weighted by atomic mass is 9.96. The molecule has 1 amide bonds. The fourth-order valence-corrected chi connectivity index (χ4v) is 3.24. The molecule has 0 atom stereocenters. The van der Waals surface area contributed by atoms with Gasteiger partial charge in [-0.1, -0.05) is 37.5 Å². The maximum atomic E-state index is 12.9. The van der Waals surface area contributed by atoms with Crippen molar-refractivity contribution in [1.82, 2.24) is 9.88 Å². The van der Waals surface area contributed by atoms with Gasteiger partial charge in [-0.15, -0.1) is 0 Å². The molecule has 1 aliphatic rings. The third kappa shape index (κ3) is 4.69. The van der Waals surface area contributed by atoms with Crippen molar-refractivity contribution in [3.8, 4) is 0 Å². The normalized spacial score (nSPS) is 15.7. The Bertz CT molecular complexity index is 831. The number of benzene rings is 1. The molecular weight excluding hydrogens is 326 g/mol. The van der Waals surface area contributed by atoms with Gasteiger partial charge >= 0.3 is 0 Å². The summed E-state index contributed by atoms with van der Waals surface area (Å²) in [5, 5.41) is 2.75. The van der Waals surface area contributed by atoms with Crippen molar-refractivity contribution in [3.05, 3.63) is 65.3 Å². The first-order valence-corrected chi connectivity index (χ1v) is 9.23. The van der Waals surface area contributed by atoms with Gasteiger partial charge in [-0.3, -0.25) is 19.1 Å². The first-order chi connectivity index (χ1) is 12.6. The van der Waals surface area contributed by atoms with Crippen LogP contribution in [-0.4, -0.2) is 22.4 Å². The summed E-state index contributed by atoms with van der Waals surface area (Å²) in [5.41, 5.74) is 2.28. The maximum absolute atomic E-state index is 12.9. The average Bonchev–Trinajstić information content (AvgIpc) is 2.67. The topological polar surface area (TPSA) is 63.5 Å². The Morgan fingerprint density at radius 3 is 2.50 bits per heavy atom. The molecule has 0 bridgehead atoms. The van der Waals surface area contributed by atoms with E-state index >= 15 is 0 Å². The molecule has 5 nitrogen and oxygen atoms in total. The van der Waals surface area contributed by atoms with Crippen molar-refractivity contribution < 1.29 is 9.59 Å². The Hall–Kier alpha value is -2.69. The number of carbonyl (C=O) groups excluding carboxylic acids is 2. The number of pyridine rings is 1. The minimum absolute atomic E-state index is 0.0704. The van der Waals surface area contributed by atoms with Crippen LogP contribution >= 0.6 is 0 Å². The molecule has 0 aliphatic heterocycles. The summed E-state index contributed by atoms with van der Waals surface area (Å²) in [7, 11) is 0. The summed E-state index contributed by atoms with van der Waals surface area (Å²) in [6.07, 6.45) is 7.68. The lowest BCUT2D eigenvalue weighted by molar-refractivity contribution is -0.119. The van der Waals surface area contributed by atoms with E-state index in [2.05, 4.69) is 5.32 Å². The standard InChI is InChI=1S/C21H25N3O2/c1-16(25)22-15-17-10-12-18(13-11-17)21(26)24-14-6-5-9-20(24)23-19-7-3-2-4-8-19/h5-6,9-14,19H,2-4,7-8,15H2,1H3,(H,22,25). The summed E-state index contributed by atoms with van der Waals surface area (Å²) < 4.78 is 1.62. The van der Waals surface area contributed by atoms with Gasteiger partial charge in [-0.2, -0.15) is 0 Å². The Morgan fingerprint density at radius 2 is 1.81 bits per heavy atom. The van der Waals surface area contributed by atoms with Gasteiger partial charge in [0.05, 0.1) is 6.04 Å². The Balaban J connectivity index is 1.81. The number of rotatable bonds is 4. The van der Waals surface area contributed by atoms with Crippen LogP contribution in [0.1, 0.15) is 54.9 Å². The summed E-state index contributed by atoms with van der Waals surface area (Å²) >= 11 is 0. The zero-order chi connectivity index (χ0) is 18.4. The molecule has 0 radical (unpaired) electrons. The highest BCUT2D eigenvalue weighted by molar-refractivity contribution is 5.95. The number of hydrogen-bond donors (Lipinski definition) is 1. The Labute approximate surface area is 153 Å². The number of hydrogen-bond acceptors (Lipinski definition) is 3. The fraction of sp³-hybridized carbons (Fsp3) is 0.381. The van der Waals surface area contributed by atoms with E-state index in [9.17, 15) is 9.59 Å². The van der Waals surface area contributed by atoms with E-state index in [0.29, 0.717) is 23.6 Å².